The van der Waals surface area contributed by atoms with E-state index < -0.39 is 11.9 Å². The van der Waals surface area contributed by atoms with Gasteiger partial charge in [0.2, 0.25) is 11.8 Å². The van der Waals surface area contributed by atoms with Gasteiger partial charge in [0.25, 0.3) is 5.91 Å². The smallest absolute Gasteiger partial charge is 0.354 e. The Labute approximate surface area is 409 Å². The second-order valence-corrected chi connectivity index (χ2v) is 20.1. The summed E-state index contributed by atoms with van der Waals surface area (Å²) >= 11 is 1.43. The van der Waals surface area contributed by atoms with Crippen LogP contribution in [0.25, 0.3) is 21.1 Å². The van der Waals surface area contributed by atoms with Crippen LogP contribution in [-0.4, -0.2) is 92.7 Å². The Bertz CT molecular complexity index is 3100. The molecule has 7 aromatic rings. The molecule has 1 atom stereocenters. The van der Waals surface area contributed by atoms with Crippen LogP contribution in [0.2, 0.25) is 0 Å². The number of imide groups is 1. The lowest BCUT2D eigenvalue weighted by Crippen LogP contribution is -2.41. The fraction of sp³-hybridized carbons (Fsp3) is 0.352. The molecule has 16 heteroatoms. The van der Waals surface area contributed by atoms with Crippen molar-refractivity contribution in [2.45, 2.75) is 69.9 Å². The van der Waals surface area contributed by atoms with Crippen LogP contribution < -0.4 is 25.2 Å². The normalized spacial score (nSPS) is 18.3. The number of carboxylic acid groups (broad SMARTS) is 1. The van der Waals surface area contributed by atoms with E-state index in [9.17, 15) is 24.3 Å². The molecule has 11 rings (SSSR count). The molecule has 0 aliphatic carbocycles. The number of carbonyl (C=O) groups is 4. The first-order chi connectivity index (χ1) is 34.1. The van der Waals surface area contributed by atoms with Crippen LogP contribution in [0.4, 0.5) is 16.6 Å². The third kappa shape index (κ3) is 9.32. The number of benzene rings is 4. The highest BCUT2D eigenvalue weighted by molar-refractivity contribution is 7.22. The van der Waals surface area contributed by atoms with Crippen LogP contribution in [0.5, 0.6) is 5.75 Å². The Morgan fingerprint density at radius 2 is 1.66 bits per heavy atom. The van der Waals surface area contributed by atoms with E-state index in [1.165, 1.54) is 22.6 Å². The van der Waals surface area contributed by atoms with Gasteiger partial charge in [0.1, 0.15) is 18.2 Å². The van der Waals surface area contributed by atoms with E-state index in [2.05, 4.69) is 60.7 Å². The molecule has 4 aliphatic heterocycles. The van der Waals surface area contributed by atoms with Gasteiger partial charge in [-0.3, -0.25) is 29.7 Å². The lowest BCUT2D eigenvalue weighted by Gasteiger charge is -2.38. The first kappa shape index (κ1) is 45.3. The van der Waals surface area contributed by atoms with Crippen LogP contribution in [0, 0.1) is 5.92 Å². The average Bonchev–Trinajstić information content (AvgIpc) is 3.95. The van der Waals surface area contributed by atoms with Gasteiger partial charge >= 0.3 is 5.97 Å². The number of ether oxygens (including phenoxy) is 1. The number of piperidine rings is 3. The number of nitrogens with one attached hydrogen (secondary N) is 2. The summed E-state index contributed by atoms with van der Waals surface area (Å²) in [5, 5.41) is 22.0. The van der Waals surface area contributed by atoms with E-state index in [-0.39, 0.29) is 30.0 Å². The van der Waals surface area contributed by atoms with Gasteiger partial charge in [-0.15, -0.1) is 0 Å². The summed E-state index contributed by atoms with van der Waals surface area (Å²) in [7, 11) is 1.92. The summed E-state index contributed by atoms with van der Waals surface area (Å²) in [6.45, 7) is 6.39. The molecule has 1 unspecified atom stereocenters. The van der Waals surface area contributed by atoms with Gasteiger partial charge in [0.15, 0.2) is 10.8 Å². The molecule has 7 heterocycles. The number of hydrogen-bond acceptors (Lipinski definition) is 12. The monoisotopic (exact) mass is 957 g/mol. The molecule has 70 heavy (non-hydrogen) atoms. The van der Waals surface area contributed by atoms with Crippen molar-refractivity contribution < 1.29 is 29.0 Å². The number of anilines is 3. The number of nitrogens with zero attached hydrogens (tertiary/aromatic N) is 7. The molecule has 4 aromatic carbocycles. The Morgan fingerprint density at radius 1 is 0.843 bits per heavy atom. The maximum atomic E-state index is 13.6. The number of aromatic carboxylic acids is 1. The van der Waals surface area contributed by atoms with Crippen molar-refractivity contribution in [1.29, 1.82) is 0 Å². The number of carboxylic acids is 1. The van der Waals surface area contributed by atoms with Crippen LogP contribution in [0.15, 0.2) is 97.1 Å². The first-order valence-corrected chi connectivity index (χ1v) is 25.2. The zero-order chi connectivity index (χ0) is 47.9. The lowest BCUT2D eigenvalue weighted by atomic mass is 9.88. The van der Waals surface area contributed by atoms with Crippen LogP contribution in [-0.2, 0) is 36.2 Å². The van der Waals surface area contributed by atoms with E-state index in [1.807, 2.05) is 77.3 Å². The van der Waals surface area contributed by atoms with Crippen LogP contribution in [0.3, 0.4) is 0 Å². The van der Waals surface area contributed by atoms with Gasteiger partial charge in [-0.05, 0) is 141 Å². The van der Waals surface area contributed by atoms with E-state index in [4.69, 9.17) is 9.84 Å². The Kier molecular flexibility index (Phi) is 12.5. The zero-order valence-electron chi connectivity index (χ0n) is 39.1. The fourth-order valence-electron chi connectivity index (χ4n) is 10.9. The molecular weight excluding hydrogens is 903 g/mol. The van der Waals surface area contributed by atoms with Crippen molar-refractivity contribution >= 4 is 72.8 Å². The van der Waals surface area contributed by atoms with Crippen LogP contribution >= 0.6 is 11.3 Å². The highest BCUT2D eigenvalue weighted by atomic mass is 32.1. The summed E-state index contributed by atoms with van der Waals surface area (Å²) in [6.07, 6.45) is 6.00. The van der Waals surface area contributed by atoms with Gasteiger partial charge in [-0.2, -0.15) is 5.10 Å². The fourth-order valence-corrected chi connectivity index (χ4v) is 11.8. The van der Waals surface area contributed by atoms with Crippen molar-refractivity contribution in [3.8, 4) is 5.75 Å². The number of fused-ring (bicyclic) bond motifs is 3. The molecular formula is C54H55N9O6S. The molecule has 0 saturated carbocycles. The molecule has 3 amide bonds. The number of thiazole rings is 1. The van der Waals surface area contributed by atoms with Crippen LogP contribution in [0.1, 0.15) is 99.2 Å². The molecule has 0 radical (unpaired) electrons. The molecule has 358 valence electrons. The first-order valence-electron chi connectivity index (χ1n) is 24.4. The second kappa shape index (κ2) is 19.3. The number of hydrogen-bond donors (Lipinski definition) is 3. The zero-order valence-corrected chi connectivity index (χ0v) is 39.9. The SMILES string of the molecule is Cn1nc(C2CCC(=O)NC2=O)c2ccc(N3CCC(CN4CCC(c5ccc(OCc6ccc(N7CCc8cccc(C(=O)Nc9nc%10ccccc%10s9)c8C7)nc6C(=O)O)cc5)CC4)CC3)cc21. The van der Waals surface area contributed by atoms with E-state index in [0.717, 1.165) is 96.3 Å². The molecule has 3 fully saturated rings. The molecule has 0 spiro atoms. The summed E-state index contributed by atoms with van der Waals surface area (Å²) in [6, 6.07) is 31.8. The Balaban J connectivity index is 0.651. The topological polar surface area (TPSA) is 175 Å². The molecule has 3 aromatic heterocycles. The highest BCUT2D eigenvalue weighted by Gasteiger charge is 2.33. The predicted molar refractivity (Wildman–Crippen MR) is 270 cm³/mol. The van der Waals surface area contributed by atoms with Gasteiger partial charge < -0.3 is 24.5 Å². The van der Waals surface area contributed by atoms with Crippen molar-refractivity contribution in [3.05, 3.63) is 136 Å². The number of aryl methyl sites for hydroxylation is 1. The van der Waals surface area contributed by atoms with E-state index in [0.29, 0.717) is 72.0 Å². The van der Waals surface area contributed by atoms with Gasteiger partial charge in [-0.25, -0.2) is 14.8 Å². The molecule has 0 bridgehead atoms. The van der Waals surface area contributed by atoms with Gasteiger partial charge in [0, 0.05) is 68.4 Å². The van der Waals surface area contributed by atoms with Gasteiger partial charge in [0.05, 0.1) is 27.3 Å². The minimum Gasteiger partial charge on any atom is -0.489 e. The van der Waals surface area contributed by atoms with Crippen molar-refractivity contribution in [1.82, 2.24) is 30.0 Å². The largest absolute Gasteiger partial charge is 0.489 e. The average molecular weight is 958 g/mol. The Hall–Kier alpha value is -7.17. The molecule has 3 N–H and O–H groups in total. The molecule has 4 aliphatic rings. The number of pyridine rings is 1. The maximum absolute atomic E-state index is 13.6. The summed E-state index contributed by atoms with van der Waals surface area (Å²) in [4.78, 5) is 66.8. The second-order valence-electron chi connectivity index (χ2n) is 19.1. The quantitative estimate of drug-likeness (QED) is 0.100. The third-order valence-corrected chi connectivity index (χ3v) is 15.7. The number of aromatic nitrogens is 4. The number of para-hydroxylation sites is 1. The highest BCUT2D eigenvalue weighted by Crippen LogP contribution is 2.36. The summed E-state index contributed by atoms with van der Waals surface area (Å²) in [5.41, 5.74) is 8.04. The summed E-state index contributed by atoms with van der Waals surface area (Å²) < 4.78 is 9.01. The van der Waals surface area contributed by atoms with Gasteiger partial charge in [-0.1, -0.05) is 47.7 Å². The minimum atomic E-state index is -1.12. The van der Waals surface area contributed by atoms with E-state index >= 15 is 0 Å². The number of amides is 3. The van der Waals surface area contributed by atoms with E-state index in [1.54, 1.807) is 6.07 Å². The Morgan fingerprint density at radius 3 is 2.44 bits per heavy atom. The van der Waals surface area contributed by atoms with Crippen molar-refractivity contribution in [2.75, 3.05) is 54.4 Å². The van der Waals surface area contributed by atoms with Crippen molar-refractivity contribution in [2.24, 2.45) is 13.0 Å². The standard InChI is InChI=1S/C54H55N9O6S/c1-60-45-29-38(12-15-41(45)50(59-60)42-16-18-48(64)57-52(42)66)62-26-19-33(20-27-62)30-61-24-21-35(22-25-61)34-9-13-39(14-10-34)69-32-37-11-17-47(56-49(37)53(67)68)63-28-23-36-5-4-6-40(43(36)31-63)51(65)58-54-55-44-7-2-3-8-46(44)70-54/h2-15,17,29,33,35,42H,16,18-28,30-32H2,1H3,(H,67,68)(H,55,58,65)(H,57,64,66). The number of rotatable bonds is 12. The third-order valence-electron chi connectivity index (χ3n) is 14.8. The molecule has 3 saturated heterocycles. The minimum absolute atomic E-state index is 0.0507. The predicted octanol–water partition coefficient (Wildman–Crippen LogP) is 8.29. The molecule has 15 nitrogen and oxygen atoms in total. The lowest BCUT2D eigenvalue weighted by molar-refractivity contribution is -0.134. The number of likely N-dealkylation sites (tertiary alicyclic amines) is 1. The van der Waals surface area contributed by atoms with Crippen molar-refractivity contribution in [3.63, 3.8) is 0 Å². The number of carbonyl (C=O) groups excluding carboxylic acids is 3. The maximum Gasteiger partial charge on any atom is 0.354 e. The summed E-state index contributed by atoms with van der Waals surface area (Å²) in [5.74, 6) is 0.112.